The van der Waals surface area contributed by atoms with Gasteiger partial charge in [-0.25, -0.2) is 0 Å². The number of thiophene rings is 1. The van der Waals surface area contributed by atoms with Gasteiger partial charge < -0.3 is 10.6 Å². The number of amides is 1. The van der Waals surface area contributed by atoms with Crippen LogP contribution in [0.3, 0.4) is 0 Å². The summed E-state index contributed by atoms with van der Waals surface area (Å²) in [5.74, 6) is -0.000626. The third kappa shape index (κ3) is 4.85. The Morgan fingerprint density at radius 2 is 1.67 bits per heavy atom. The molecule has 1 heterocycles. The van der Waals surface area contributed by atoms with Crippen LogP contribution in [0, 0.1) is 0 Å². The van der Waals surface area contributed by atoms with Crippen LogP contribution in [0.25, 0.3) is 0 Å². The lowest BCUT2D eigenvalue weighted by Crippen LogP contribution is -2.13. The number of halogens is 1. The fourth-order valence-electron chi connectivity index (χ4n) is 2.25. The van der Waals surface area contributed by atoms with Gasteiger partial charge in [-0.2, -0.15) is 0 Å². The van der Waals surface area contributed by atoms with E-state index in [0.29, 0.717) is 6.42 Å². The average molecular weight is 357 g/mol. The van der Waals surface area contributed by atoms with Crippen LogP contribution in [0.15, 0.2) is 66.0 Å². The summed E-state index contributed by atoms with van der Waals surface area (Å²) in [6.45, 7) is 0.723. The third-order valence-corrected chi connectivity index (χ3v) is 4.62. The fraction of sp³-hybridized carbons (Fsp3) is 0.105. The van der Waals surface area contributed by atoms with E-state index in [9.17, 15) is 4.79 Å². The molecule has 24 heavy (non-hydrogen) atoms. The number of carbonyl (C=O) groups is 1. The first kappa shape index (κ1) is 16.6. The second-order valence-electron chi connectivity index (χ2n) is 5.36. The topological polar surface area (TPSA) is 41.1 Å². The van der Waals surface area contributed by atoms with Gasteiger partial charge in [-0.15, -0.1) is 11.3 Å². The van der Waals surface area contributed by atoms with Crippen molar-refractivity contribution in [3.05, 3.63) is 81.5 Å². The quantitative estimate of drug-likeness (QED) is 0.637. The molecule has 2 N–H and O–H groups in total. The summed E-state index contributed by atoms with van der Waals surface area (Å²) in [4.78, 5) is 13.0. The Balaban J connectivity index is 1.51. The molecule has 0 unspecified atom stereocenters. The Labute approximate surface area is 150 Å². The van der Waals surface area contributed by atoms with E-state index in [1.165, 1.54) is 0 Å². The van der Waals surface area contributed by atoms with Crippen LogP contribution in [-0.2, 0) is 17.8 Å². The van der Waals surface area contributed by atoms with Gasteiger partial charge in [-0.1, -0.05) is 29.8 Å². The maximum absolute atomic E-state index is 12.0. The zero-order chi connectivity index (χ0) is 16.8. The molecular formula is C19H17ClN2OS. The van der Waals surface area contributed by atoms with E-state index in [4.69, 9.17) is 11.6 Å². The minimum absolute atomic E-state index is 0.000626. The van der Waals surface area contributed by atoms with Crippen molar-refractivity contribution in [3.63, 3.8) is 0 Å². The van der Waals surface area contributed by atoms with Gasteiger partial charge in [0, 0.05) is 27.8 Å². The molecule has 1 amide bonds. The molecule has 2 aromatic carbocycles. The molecule has 1 aromatic heterocycles. The van der Waals surface area contributed by atoms with Gasteiger partial charge in [0.05, 0.1) is 6.42 Å². The van der Waals surface area contributed by atoms with E-state index in [1.807, 2.05) is 66.0 Å². The average Bonchev–Trinajstić information content (AvgIpc) is 3.08. The number of nitrogens with one attached hydrogen (secondary N) is 2. The molecule has 0 aliphatic rings. The van der Waals surface area contributed by atoms with E-state index in [2.05, 4.69) is 10.6 Å². The summed E-state index contributed by atoms with van der Waals surface area (Å²) in [6.07, 6.45) is 0.411. The Kier molecular flexibility index (Phi) is 5.51. The van der Waals surface area contributed by atoms with Gasteiger partial charge in [0.15, 0.2) is 0 Å². The summed E-state index contributed by atoms with van der Waals surface area (Å²) in [5, 5.41) is 8.97. The van der Waals surface area contributed by atoms with Crippen LogP contribution in [0.5, 0.6) is 0 Å². The monoisotopic (exact) mass is 356 g/mol. The van der Waals surface area contributed by atoms with Crippen LogP contribution >= 0.6 is 22.9 Å². The molecule has 0 bridgehead atoms. The number of hydrogen-bond acceptors (Lipinski definition) is 3. The third-order valence-electron chi connectivity index (χ3n) is 3.49. The number of carbonyl (C=O) groups excluding carboxylic acids is 1. The Morgan fingerprint density at radius 1 is 0.958 bits per heavy atom. The highest BCUT2D eigenvalue weighted by molar-refractivity contribution is 7.10. The number of hydrogen-bond donors (Lipinski definition) is 2. The summed E-state index contributed by atoms with van der Waals surface area (Å²) in [6, 6.07) is 19.4. The zero-order valence-corrected chi connectivity index (χ0v) is 14.5. The predicted molar refractivity (Wildman–Crippen MR) is 102 cm³/mol. The van der Waals surface area contributed by atoms with Gasteiger partial charge in [-0.05, 0) is 53.4 Å². The van der Waals surface area contributed by atoms with Gasteiger partial charge in [0.1, 0.15) is 0 Å². The zero-order valence-electron chi connectivity index (χ0n) is 13.0. The van der Waals surface area contributed by atoms with E-state index in [-0.39, 0.29) is 5.91 Å². The molecule has 122 valence electrons. The first-order chi connectivity index (χ1) is 11.7. The van der Waals surface area contributed by atoms with E-state index >= 15 is 0 Å². The molecule has 0 aliphatic carbocycles. The molecule has 0 atom stereocenters. The maximum Gasteiger partial charge on any atom is 0.229 e. The van der Waals surface area contributed by atoms with Crippen LogP contribution in [0.2, 0.25) is 5.02 Å². The summed E-state index contributed by atoms with van der Waals surface area (Å²) in [5.41, 5.74) is 2.96. The van der Waals surface area contributed by atoms with Crippen molar-refractivity contribution in [1.29, 1.82) is 0 Å². The molecule has 0 aliphatic heterocycles. The van der Waals surface area contributed by atoms with Crippen LogP contribution in [0.4, 0.5) is 11.4 Å². The normalized spacial score (nSPS) is 10.4. The molecule has 0 spiro atoms. The van der Waals surface area contributed by atoms with Crippen molar-refractivity contribution in [2.75, 3.05) is 10.6 Å². The number of rotatable bonds is 6. The van der Waals surface area contributed by atoms with Gasteiger partial charge in [0.25, 0.3) is 0 Å². The van der Waals surface area contributed by atoms with Crippen molar-refractivity contribution in [3.8, 4) is 0 Å². The van der Waals surface area contributed by atoms with Gasteiger partial charge in [0.2, 0.25) is 5.91 Å². The molecule has 5 heteroatoms. The highest BCUT2D eigenvalue weighted by atomic mass is 35.5. The molecule has 0 saturated carbocycles. The highest BCUT2D eigenvalue weighted by Crippen LogP contribution is 2.16. The van der Waals surface area contributed by atoms with Crippen LogP contribution in [-0.4, -0.2) is 5.91 Å². The van der Waals surface area contributed by atoms with Crippen molar-refractivity contribution in [2.45, 2.75) is 13.0 Å². The molecule has 3 aromatic rings. The molecule has 0 fully saturated rings. The highest BCUT2D eigenvalue weighted by Gasteiger charge is 2.05. The molecule has 3 rings (SSSR count). The lowest BCUT2D eigenvalue weighted by molar-refractivity contribution is -0.115. The van der Waals surface area contributed by atoms with Crippen molar-refractivity contribution < 1.29 is 4.79 Å². The van der Waals surface area contributed by atoms with Gasteiger partial charge in [-0.3, -0.25) is 4.79 Å². The molecule has 0 radical (unpaired) electrons. The first-order valence-corrected chi connectivity index (χ1v) is 8.85. The molecular weight excluding hydrogens is 340 g/mol. The second kappa shape index (κ2) is 7.99. The largest absolute Gasteiger partial charge is 0.381 e. The Bertz CT molecular complexity index is 783. The number of benzene rings is 2. The standard InChI is InChI=1S/C19H17ClN2OS/c20-15-5-3-14(4-6-15)13-21-16-7-9-17(10-8-16)22-19(23)12-18-2-1-11-24-18/h1-11,21H,12-13H2,(H,22,23). The summed E-state index contributed by atoms with van der Waals surface area (Å²) in [7, 11) is 0. The van der Waals surface area contributed by atoms with Crippen LogP contribution in [0.1, 0.15) is 10.4 Å². The first-order valence-electron chi connectivity index (χ1n) is 7.60. The van der Waals surface area contributed by atoms with Crippen molar-refractivity contribution in [2.24, 2.45) is 0 Å². The van der Waals surface area contributed by atoms with E-state index in [1.54, 1.807) is 11.3 Å². The lowest BCUT2D eigenvalue weighted by Gasteiger charge is -2.09. The predicted octanol–water partition coefficient (Wildman–Crippen LogP) is 5.19. The fourth-order valence-corrected chi connectivity index (χ4v) is 3.08. The number of anilines is 2. The summed E-state index contributed by atoms with van der Waals surface area (Å²) >= 11 is 7.47. The van der Waals surface area contributed by atoms with E-state index in [0.717, 1.165) is 33.4 Å². The summed E-state index contributed by atoms with van der Waals surface area (Å²) < 4.78 is 0. The second-order valence-corrected chi connectivity index (χ2v) is 6.83. The molecule has 3 nitrogen and oxygen atoms in total. The lowest BCUT2D eigenvalue weighted by atomic mass is 10.2. The van der Waals surface area contributed by atoms with Crippen LogP contribution < -0.4 is 10.6 Å². The SMILES string of the molecule is O=C(Cc1cccs1)Nc1ccc(NCc2ccc(Cl)cc2)cc1. The van der Waals surface area contributed by atoms with Crippen molar-refractivity contribution in [1.82, 2.24) is 0 Å². The maximum atomic E-state index is 12.0. The minimum Gasteiger partial charge on any atom is -0.381 e. The van der Waals surface area contributed by atoms with Crippen molar-refractivity contribution >= 4 is 40.2 Å². The van der Waals surface area contributed by atoms with E-state index < -0.39 is 0 Å². The Morgan fingerprint density at radius 3 is 2.33 bits per heavy atom. The minimum atomic E-state index is -0.000626. The molecule has 0 saturated heterocycles. The smallest absolute Gasteiger partial charge is 0.229 e. The Hall–Kier alpha value is -2.30. The van der Waals surface area contributed by atoms with Gasteiger partial charge >= 0.3 is 0 Å².